The SMILES string of the molecule is O=C(Cc1ccc(OC(=O)C(F)(F)S(=O)(=O)O)cc1)c1cc(I)cc(I)c1I. The van der Waals surface area contributed by atoms with Crippen LogP contribution in [0.4, 0.5) is 8.78 Å². The first-order chi connectivity index (χ1) is 12.8. The zero-order valence-electron chi connectivity index (χ0n) is 13.5. The fourth-order valence-electron chi connectivity index (χ4n) is 1.99. The lowest BCUT2D eigenvalue weighted by Gasteiger charge is -2.12. The van der Waals surface area contributed by atoms with Gasteiger partial charge in [-0.1, -0.05) is 12.1 Å². The van der Waals surface area contributed by atoms with Crippen molar-refractivity contribution in [2.45, 2.75) is 11.7 Å². The van der Waals surface area contributed by atoms with E-state index in [2.05, 4.69) is 72.5 Å². The van der Waals surface area contributed by atoms with Gasteiger partial charge in [0.2, 0.25) is 0 Å². The van der Waals surface area contributed by atoms with Gasteiger partial charge in [-0.3, -0.25) is 9.35 Å². The Bertz CT molecular complexity index is 1040. The van der Waals surface area contributed by atoms with Crippen molar-refractivity contribution in [2.24, 2.45) is 0 Å². The normalized spacial score (nSPS) is 11.9. The highest BCUT2D eigenvalue weighted by atomic mass is 127. The molecule has 0 saturated heterocycles. The van der Waals surface area contributed by atoms with E-state index < -0.39 is 21.3 Å². The van der Waals surface area contributed by atoms with E-state index in [9.17, 15) is 26.8 Å². The van der Waals surface area contributed by atoms with Crippen LogP contribution in [0.25, 0.3) is 0 Å². The van der Waals surface area contributed by atoms with E-state index in [1.54, 1.807) is 6.07 Å². The molecule has 0 bridgehead atoms. The molecule has 0 fully saturated rings. The molecule has 0 aliphatic rings. The van der Waals surface area contributed by atoms with Gasteiger partial charge in [-0.2, -0.15) is 17.2 Å². The summed E-state index contributed by atoms with van der Waals surface area (Å²) in [4.78, 5) is 23.8. The molecular formula is C16H9F2I3O6S. The number of carbonyl (C=O) groups is 2. The highest BCUT2D eigenvalue weighted by Gasteiger charge is 2.54. The molecule has 0 spiro atoms. The van der Waals surface area contributed by atoms with E-state index in [1.165, 1.54) is 12.1 Å². The number of halogens is 5. The summed E-state index contributed by atoms with van der Waals surface area (Å²) in [6.07, 6.45) is 0.0293. The topological polar surface area (TPSA) is 97.7 Å². The molecule has 0 aliphatic heterocycles. The molecule has 28 heavy (non-hydrogen) atoms. The van der Waals surface area contributed by atoms with Gasteiger partial charge >= 0.3 is 21.3 Å². The van der Waals surface area contributed by atoms with Crippen molar-refractivity contribution in [3.05, 3.63) is 58.2 Å². The zero-order valence-corrected chi connectivity index (χ0v) is 20.7. The predicted octanol–water partition coefficient (Wildman–Crippen LogP) is 4.31. The second-order valence-electron chi connectivity index (χ2n) is 5.37. The maximum atomic E-state index is 13.2. The fourth-order valence-corrected chi connectivity index (χ4v) is 4.70. The van der Waals surface area contributed by atoms with Gasteiger partial charge in [-0.15, -0.1) is 0 Å². The fraction of sp³-hybridized carbons (Fsp3) is 0.125. The number of ether oxygens (including phenoxy) is 1. The minimum absolute atomic E-state index is 0.0293. The van der Waals surface area contributed by atoms with Crippen molar-refractivity contribution in [3.63, 3.8) is 0 Å². The number of esters is 1. The van der Waals surface area contributed by atoms with Crippen LogP contribution in [0, 0.1) is 10.7 Å². The molecule has 6 nitrogen and oxygen atoms in total. The third-order valence-corrected chi connectivity index (χ3v) is 7.84. The molecule has 1 N–H and O–H groups in total. The number of hydrogen-bond donors (Lipinski definition) is 1. The first-order valence-corrected chi connectivity index (χ1v) is 11.8. The molecule has 0 atom stereocenters. The lowest BCUT2D eigenvalue weighted by molar-refractivity contribution is -0.151. The summed E-state index contributed by atoms with van der Waals surface area (Å²) in [6.45, 7) is 0. The largest absolute Gasteiger partial charge is 0.466 e. The molecule has 0 radical (unpaired) electrons. The van der Waals surface area contributed by atoms with E-state index in [1.807, 2.05) is 6.07 Å². The minimum Gasteiger partial charge on any atom is -0.421 e. The van der Waals surface area contributed by atoms with E-state index in [4.69, 9.17) is 4.55 Å². The molecular weight excluding hydrogens is 739 g/mol. The number of benzene rings is 2. The molecule has 0 aliphatic carbocycles. The van der Waals surface area contributed by atoms with Gasteiger partial charge in [0.25, 0.3) is 0 Å². The molecule has 0 amide bonds. The summed E-state index contributed by atoms with van der Waals surface area (Å²) in [7, 11) is -5.94. The van der Waals surface area contributed by atoms with Crippen LogP contribution in [0.3, 0.4) is 0 Å². The summed E-state index contributed by atoms with van der Waals surface area (Å²) in [6, 6.07) is 8.76. The van der Waals surface area contributed by atoms with Crippen molar-refractivity contribution >= 4 is 89.6 Å². The average Bonchev–Trinajstić information content (AvgIpc) is 2.58. The van der Waals surface area contributed by atoms with Crippen LogP contribution >= 0.6 is 67.8 Å². The van der Waals surface area contributed by atoms with Crippen LogP contribution in [0.1, 0.15) is 15.9 Å². The van der Waals surface area contributed by atoms with E-state index in [0.29, 0.717) is 11.1 Å². The summed E-state index contributed by atoms with van der Waals surface area (Å²) in [5, 5.41) is -5.08. The Balaban J connectivity index is 2.13. The lowest BCUT2D eigenvalue weighted by atomic mass is 10.0. The maximum Gasteiger partial charge on any atom is 0.466 e. The molecule has 0 aromatic heterocycles. The Morgan fingerprint density at radius 2 is 1.64 bits per heavy atom. The summed E-state index contributed by atoms with van der Waals surface area (Å²) in [5.74, 6) is -2.94. The van der Waals surface area contributed by atoms with Crippen molar-refractivity contribution in [1.29, 1.82) is 0 Å². The molecule has 0 saturated carbocycles. The second kappa shape index (κ2) is 9.13. The Morgan fingerprint density at radius 1 is 1.07 bits per heavy atom. The molecule has 2 rings (SSSR count). The average molecular weight is 748 g/mol. The molecule has 12 heteroatoms. The number of ketones is 1. The Morgan fingerprint density at radius 3 is 2.18 bits per heavy atom. The standard InChI is InChI=1S/C16H9F2I3O6S/c17-16(18,28(24,25)26)15(23)27-10-3-1-8(2-4-10)5-13(22)11-6-9(19)7-12(20)14(11)21/h1-4,6-7H,5H2,(H,24,25,26). The van der Waals surface area contributed by atoms with Crippen LogP contribution in [-0.4, -0.2) is 30.0 Å². The van der Waals surface area contributed by atoms with Gasteiger partial charge in [0, 0.05) is 22.7 Å². The molecule has 0 heterocycles. The van der Waals surface area contributed by atoms with Gasteiger partial charge in [-0.05, 0) is 97.6 Å². The van der Waals surface area contributed by atoms with E-state index in [-0.39, 0.29) is 18.0 Å². The highest BCUT2D eigenvalue weighted by molar-refractivity contribution is 14.1. The first kappa shape index (κ1) is 23.8. The van der Waals surface area contributed by atoms with E-state index >= 15 is 0 Å². The van der Waals surface area contributed by atoms with Crippen LogP contribution < -0.4 is 4.74 Å². The minimum atomic E-state index is -5.94. The predicted molar refractivity (Wildman–Crippen MR) is 121 cm³/mol. The summed E-state index contributed by atoms with van der Waals surface area (Å²) >= 11 is 6.32. The molecule has 150 valence electrons. The number of alkyl halides is 2. The van der Waals surface area contributed by atoms with Crippen molar-refractivity contribution in [3.8, 4) is 5.75 Å². The highest BCUT2D eigenvalue weighted by Crippen LogP contribution is 2.26. The lowest BCUT2D eigenvalue weighted by Crippen LogP contribution is -2.40. The van der Waals surface area contributed by atoms with Crippen molar-refractivity contribution in [1.82, 2.24) is 0 Å². The van der Waals surface area contributed by atoms with Gasteiger partial charge in [-0.25, -0.2) is 4.79 Å². The Kier molecular flexibility index (Phi) is 7.77. The van der Waals surface area contributed by atoms with Gasteiger partial charge in [0.1, 0.15) is 5.75 Å². The summed E-state index contributed by atoms with van der Waals surface area (Å²) < 4.78 is 62.8. The van der Waals surface area contributed by atoms with Crippen molar-refractivity contribution < 1.29 is 36.1 Å². The smallest absolute Gasteiger partial charge is 0.421 e. The van der Waals surface area contributed by atoms with Gasteiger partial charge < -0.3 is 4.74 Å². The number of rotatable bonds is 6. The zero-order chi connectivity index (χ0) is 21.3. The van der Waals surface area contributed by atoms with Crippen LogP contribution in [0.2, 0.25) is 0 Å². The molecule has 0 unspecified atom stereocenters. The molecule has 2 aromatic rings. The maximum absolute atomic E-state index is 13.2. The third kappa shape index (κ3) is 5.57. The van der Waals surface area contributed by atoms with Crippen LogP contribution in [0.15, 0.2) is 36.4 Å². The Labute approximate surface area is 199 Å². The summed E-state index contributed by atoms with van der Waals surface area (Å²) in [5.41, 5.74) is 1.09. The van der Waals surface area contributed by atoms with Crippen molar-refractivity contribution in [2.75, 3.05) is 0 Å². The van der Waals surface area contributed by atoms with Gasteiger partial charge in [0.15, 0.2) is 5.78 Å². The van der Waals surface area contributed by atoms with Crippen LogP contribution in [-0.2, 0) is 21.3 Å². The molecule has 2 aromatic carbocycles. The Hall–Kier alpha value is -0.460. The van der Waals surface area contributed by atoms with Gasteiger partial charge in [0.05, 0.1) is 0 Å². The van der Waals surface area contributed by atoms with Crippen LogP contribution in [0.5, 0.6) is 5.75 Å². The second-order valence-corrected chi connectivity index (χ2v) is 10.3. The van der Waals surface area contributed by atoms with E-state index in [0.717, 1.165) is 22.8 Å². The third-order valence-electron chi connectivity index (χ3n) is 3.35. The quantitative estimate of drug-likeness (QED) is 0.118. The monoisotopic (exact) mass is 748 g/mol. The number of carbonyl (C=O) groups excluding carboxylic acids is 2. The first-order valence-electron chi connectivity index (χ1n) is 7.16. The number of hydrogen-bond acceptors (Lipinski definition) is 5. The number of Topliss-reactive ketones (excluding diaryl/α,β-unsaturated/α-hetero) is 1.